The van der Waals surface area contributed by atoms with Crippen LogP contribution < -0.4 is 47.3 Å². The van der Waals surface area contributed by atoms with E-state index in [2.05, 4.69) is 91.9 Å². The molecule has 386 valence electrons. The van der Waals surface area contributed by atoms with Crippen LogP contribution in [-0.4, -0.2) is 165 Å². The first-order valence-corrected chi connectivity index (χ1v) is 29.5. The molecule has 0 amide bonds. The molecule has 1 atom stereocenters. The van der Waals surface area contributed by atoms with Crippen molar-refractivity contribution < 1.29 is 25.8 Å². The number of allylic oxidation sites excluding steroid dienone is 2. The van der Waals surface area contributed by atoms with Crippen LogP contribution in [0, 0.1) is 0 Å². The van der Waals surface area contributed by atoms with Crippen molar-refractivity contribution in [2.45, 2.75) is 86.5 Å². The van der Waals surface area contributed by atoms with Gasteiger partial charge in [0.15, 0.2) is 9.84 Å². The first kappa shape index (κ1) is 66.9. The number of rotatable bonds is 0. The fraction of sp³-hybridized carbons (Fsp3) is 0.739. The molecule has 9 fully saturated rings. The van der Waals surface area contributed by atoms with Gasteiger partial charge in [-0.3, -0.25) is 12.6 Å². The summed E-state index contributed by atoms with van der Waals surface area (Å²) >= 11 is 0. The van der Waals surface area contributed by atoms with Gasteiger partial charge in [-0.1, -0.05) is 60.7 Å². The second kappa shape index (κ2) is 40.7. The van der Waals surface area contributed by atoms with E-state index in [0.717, 1.165) is 144 Å². The van der Waals surface area contributed by atoms with Gasteiger partial charge in [-0.25, -0.2) is 13.1 Å². The highest BCUT2D eigenvalue weighted by atomic mass is 32.2. The van der Waals surface area contributed by atoms with Crippen molar-refractivity contribution >= 4 is 51.6 Å². The molecule has 9 aliphatic rings. The van der Waals surface area contributed by atoms with Crippen molar-refractivity contribution in [3.8, 4) is 0 Å². The first-order chi connectivity index (χ1) is 29.5. The highest BCUT2D eigenvalue weighted by Gasteiger charge is 2.14. The Bertz CT molecular complexity index is 1480. The van der Waals surface area contributed by atoms with Gasteiger partial charge in [0.2, 0.25) is 0 Å². The number of hydrogen-bond donors (Lipinski definition) is 9. The van der Waals surface area contributed by atoms with Gasteiger partial charge >= 0.3 is 0 Å². The van der Waals surface area contributed by atoms with E-state index >= 15 is 0 Å². The summed E-state index contributed by atoms with van der Waals surface area (Å²) < 4.78 is 61.2. The van der Waals surface area contributed by atoms with Crippen molar-refractivity contribution in [3.63, 3.8) is 0 Å². The van der Waals surface area contributed by atoms with Gasteiger partial charge in [-0.15, -0.1) is 0 Å². The maximum atomic E-state index is 10.9. The first-order valence-electron chi connectivity index (χ1n) is 22.3. The zero-order valence-electron chi connectivity index (χ0n) is 38.0. The summed E-state index contributed by atoms with van der Waals surface area (Å²) in [6, 6.07) is 0. The number of sulfone groups is 1. The van der Waals surface area contributed by atoms with Crippen LogP contribution in [0.4, 0.5) is 0 Å². The maximum Gasteiger partial charge on any atom is 0.152 e. The number of nitrogens with one attached hydrogen (secondary N) is 9. The summed E-state index contributed by atoms with van der Waals surface area (Å²) in [6.45, 7) is 32.1. The number of ether oxygens (including phenoxy) is 1. The summed E-state index contributed by atoms with van der Waals surface area (Å²) in [5.41, 5.74) is 3.72. The van der Waals surface area contributed by atoms with E-state index in [4.69, 9.17) is 4.74 Å². The summed E-state index contributed by atoms with van der Waals surface area (Å²) in [4.78, 5) is 0. The quantitative estimate of drug-likeness (QED) is 0.127. The second-order valence-corrected chi connectivity index (χ2v) is 24.9. The molecular weight excluding hydrogens is 903 g/mol. The van der Waals surface area contributed by atoms with Crippen molar-refractivity contribution in [1.82, 2.24) is 47.3 Å². The van der Waals surface area contributed by atoms with Crippen LogP contribution in [0.15, 0.2) is 61.4 Å². The Morgan fingerprint density at radius 3 is 1.34 bits per heavy atom. The smallest absolute Gasteiger partial charge is 0.152 e. The standard InChI is InChI=1S/C7H13N.C5H10N2.C5H9N.C5H10OS.C5H8O.C4H8N2.C4H9NO2S.2C4H9NOS.3CH4/c1-7-3-2-5-8-6-4-7;1-5-4-6-2-3-7-5;1-5-3-2-4-6-5;1-7(6)4-2-3-5-7;1-5-3-2-4-6-5;1-4-5-2-3-6-4;6-8(7)3-1-5-2-4-8;1-7(6)4-2-3-5-7;6-7-3-1-5-2-4-7;;;/h8H,1-6H2;6-7H,1-4H2;6H,1-4H2;1-5H2;1-4H2;5-6H,1-3H2;5H,1-4H2;1-4H2,(H,5,6);5H,1-4H2;3*1H4. The van der Waals surface area contributed by atoms with Crippen molar-refractivity contribution in [2.75, 3.05) is 132 Å². The predicted octanol–water partition coefficient (Wildman–Crippen LogP) is 3.21. The third-order valence-electron chi connectivity index (χ3n) is 9.78. The molecule has 0 aromatic heterocycles. The van der Waals surface area contributed by atoms with Gasteiger partial charge in [0.05, 0.1) is 29.7 Å². The Hall–Kier alpha value is -2.36. The van der Waals surface area contributed by atoms with Crippen molar-refractivity contribution in [3.05, 3.63) is 61.4 Å². The van der Waals surface area contributed by atoms with Gasteiger partial charge in [-0.2, -0.15) is 0 Å². The Balaban J connectivity index is -0.000000662. The Morgan fingerprint density at radius 2 is 1.06 bits per heavy atom. The molecule has 0 aromatic carbocycles. The zero-order chi connectivity index (χ0) is 46.0. The van der Waals surface area contributed by atoms with Crippen LogP contribution in [0.3, 0.4) is 0 Å². The molecule has 9 saturated heterocycles. The fourth-order valence-electron chi connectivity index (χ4n) is 6.06. The van der Waals surface area contributed by atoms with Crippen LogP contribution in [0.5, 0.6) is 0 Å². The molecule has 0 aliphatic carbocycles. The number of hydrogen-bond acceptors (Lipinski definition) is 14. The summed E-state index contributed by atoms with van der Waals surface area (Å²) in [6.07, 6.45) is 11.6. The third kappa shape index (κ3) is 42.7. The third-order valence-corrected chi connectivity index (χ3v) is 16.5. The number of piperazine rings is 1. The van der Waals surface area contributed by atoms with Gasteiger partial charge in [-0.05, 0) is 92.1 Å². The Labute approximate surface area is 402 Å². The molecule has 19 heteroatoms. The van der Waals surface area contributed by atoms with Crippen LogP contribution in [0.2, 0.25) is 0 Å². The van der Waals surface area contributed by atoms with E-state index in [0.29, 0.717) is 24.6 Å². The zero-order valence-corrected chi connectivity index (χ0v) is 41.2. The average Bonchev–Trinajstić information content (AvgIpc) is 4.11. The van der Waals surface area contributed by atoms with E-state index in [-0.39, 0.29) is 22.3 Å². The Morgan fingerprint density at radius 1 is 0.492 bits per heavy atom. The lowest BCUT2D eigenvalue weighted by Gasteiger charge is -2.15. The molecule has 1 unspecified atom stereocenters. The normalized spacial score (nSPS) is 24.4. The lowest BCUT2D eigenvalue weighted by atomic mass is 10.1. The predicted molar refractivity (Wildman–Crippen MR) is 291 cm³/mol. The summed E-state index contributed by atoms with van der Waals surface area (Å²) in [5.74, 6) is 13.8. The van der Waals surface area contributed by atoms with E-state index in [1.54, 1.807) is 0 Å². The lowest BCUT2D eigenvalue weighted by Crippen LogP contribution is -2.37. The molecular formula is C46H97N9O6S4. The van der Waals surface area contributed by atoms with Gasteiger partial charge in [0, 0.05) is 139 Å². The minimum absolute atomic E-state index is 0. The van der Waals surface area contributed by atoms with E-state index in [1.165, 1.54) is 56.3 Å². The molecule has 15 nitrogen and oxygen atoms in total. The average molecular weight is 1000 g/mol. The molecule has 0 spiro atoms. The molecule has 0 saturated carbocycles. The van der Waals surface area contributed by atoms with Crippen molar-refractivity contribution in [2.24, 2.45) is 0 Å². The van der Waals surface area contributed by atoms with Crippen LogP contribution in [-0.2, 0) is 44.6 Å². The monoisotopic (exact) mass is 1000 g/mol. The minimum Gasteiger partial charge on any atom is -0.499 e. The molecule has 0 aromatic rings. The summed E-state index contributed by atoms with van der Waals surface area (Å²) in [7, 11) is -6.49. The Kier molecular flexibility index (Phi) is 41.9. The molecule has 9 N–H and O–H groups in total. The molecule has 9 aliphatic heterocycles. The molecule has 0 bridgehead atoms. The molecule has 9 heterocycles. The van der Waals surface area contributed by atoms with Gasteiger partial charge in [0.25, 0.3) is 0 Å². The van der Waals surface area contributed by atoms with E-state index in [9.17, 15) is 21.0 Å². The van der Waals surface area contributed by atoms with Gasteiger partial charge in [0.1, 0.15) is 0 Å². The van der Waals surface area contributed by atoms with E-state index < -0.39 is 39.9 Å². The van der Waals surface area contributed by atoms with Gasteiger partial charge < -0.3 is 47.3 Å². The van der Waals surface area contributed by atoms with E-state index in [1.807, 2.05) is 0 Å². The largest absolute Gasteiger partial charge is 0.499 e. The highest BCUT2D eigenvalue weighted by molar-refractivity contribution is 8.00. The highest BCUT2D eigenvalue weighted by Crippen LogP contribution is 2.12. The second-order valence-electron chi connectivity index (χ2n) is 15.9. The fourth-order valence-corrected chi connectivity index (χ4v) is 11.1. The van der Waals surface area contributed by atoms with Crippen LogP contribution in [0.25, 0.3) is 0 Å². The summed E-state index contributed by atoms with van der Waals surface area (Å²) in [5, 5.41) is 24.9. The minimum atomic E-state index is -2.65. The molecule has 0 radical (unpaired) electrons. The molecule has 65 heavy (non-hydrogen) atoms. The SMILES string of the molecule is C.C.C.C=C1CCCN1.C=C1CCCNCC1.C=C1CCCO1.C=C1CNCCN1.C=C1NCCN1.C=S1(=O)CCCC1.C=S1(=O)CCCN1.O=S1(=O)CCNCC1.O=S1CCNCC1. The lowest BCUT2D eigenvalue weighted by molar-refractivity contribution is 0.265. The van der Waals surface area contributed by atoms with Crippen LogP contribution >= 0.6 is 0 Å². The van der Waals surface area contributed by atoms with Crippen LogP contribution in [0.1, 0.15) is 86.5 Å². The topological polar surface area (TPSA) is 203 Å². The maximum absolute atomic E-state index is 10.9. The van der Waals surface area contributed by atoms with Crippen molar-refractivity contribution in [1.29, 1.82) is 0 Å². The molecule has 9 rings (SSSR count).